The molecule has 0 bridgehead atoms. The molecule has 0 aliphatic carbocycles. The number of hydrogen-bond acceptors (Lipinski definition) is 3. The molecule has 0 spiro atoms. The number of oxazole rings is 1. The molecule has 5 heteroatoms. The van der Waals surface area contributed by atoms with Crippen LogP contribution in [0.5, 0.6) is 0 Å². The van der Waals surface area contributed by atoms with E-state index in [-0.39, 0.29) is 0 Å². The molecule has 0 atom stereocenters. The zero-order valence-electron chi connectivity index (χ0n) is 21.2. The Kier molecular flexibility index (Phi) is 5.48. The van der Waals surface area contributed by atoms with Crippen LogP contribution >= 0.6 is 0 Å². The molecule has 3 aromatic heterocycles. The van der Waals surface area contributed by atoms with Crippen LogP contribution in [-0.4, -0.2) is 22.4 Å². The number of benzene rings is 2. The molecule has 34 heavy (non-hydrogen) atoms. The molecule has 0 aliphatic heterocycles. The van der Waals surface area contributed by atoms with Crippen LogP contribution in [0.1, 0.15) is 50.7 Å². The third kappa shape index (κ3) is 3.68. The van der Waals surface area contributed by atoms with Crippen molar-refractivity contribution in [1.82, 2.24) is 14.4 Å². The number of imidazole rings is 1. The zero-order chi connectivity index (χ0) is 24.2. The average Bonchev–Trinajstić information content (AvgIpc) is 3.37. The monoisotopic (exact) mass is 467 g/mol. The summed E-state index contributed by atoms with van der Waals surface area (Å²) in [4.78, 5) is 9.48. The van der Waals surface area contributed by atoms with Gasteiger partial charge in [-0.1, -0.05) is 71.6 Å². The molecule has 0 N–H and O–H groups in total. The van der Waals surface area contributed by atoms with Crippen molar-refractivity contribution < 1.29 is 4.42 Å². The lowest BCUT2D eigenvalue weighted by Crippen LogP contribution is -2.38. The molecule has 5 rings (SSSR count). The average molecular weight is 468 g/mol. The van der Waals surface area contributed by atoms with Crippen molar-refractivity contribution in [1.29, 1.82) is 0 Å². The summed E-state index contributed by atoms with van der Waals surface area (Å²) < 4.78 is 8.58. The molecule has 0 saturated carbocycles. The van der Waals surface area contributed by atoms with E-state index in [9.17, 15) is 0 Å². The van der Waals surface area contributed by atoms with E-state index in [0.29, 0.717) is 11.8 Å². The fourth-order valence-corrected chi connectivity index (χ4v) is 6.12. The van der Waals surface area contributed by atoms with Gasteiger partial charge in [0, 0.05) is 11.8 Å². The number of pyridine rings is 1. The van der Waals surface area contributed by atoms with Gasteiger partial charge in [-0.2, -0.15) is 0 Å². The van der Waals surface area contributed by atoms with E-state index in [2.05, 4.69) is 100 Å². The van der Waals surface area contributed by atoms with E-state index in [1.807, 2.05) is 12.5 Å². The summed E-state index contributed by atoms with van der Waals surface area (Å²) in [7, 11) is -1.63. The van der Waals surface area contributed by atoms with Gasteiger partial charge in [0.15, 0.2) is 5.58 Å². The first-order chi connectivity index (χ1) is 16.2. The molecule has 4 nitrogen and oxygen atoms in total. The Bertz CT molecular complexity index is 1480. The first-order valence-corrected chi connectivity index (χ1v) is 15.7. The Morgan fingerprint density at radius 1 is 0.853 bits per heavy atom. The second kappa shape index (κ2) is 8.24. The summed E-state index contributed by atoms with van der Waals surface area (Å²) in [5.41, 5.74) is 9.99. The van der Waals surface area contributed by atoms with E-state index >= 15 is 0 Å². The molecule has 0 fully saturated rings. The van der Waals surface area contributed by atoms with Crippen LogP contribution in [0.2, 0.25) is 19.6 Å². The predicted molar refractivity (Wildman–Crippen MR) is 145 cm³/mol. The van der Waals surface area contributed by atoms with Gasteiger partial charge in [0.25, 0.3) is 0 Å². The Morgan fingerprint density at radius 2 is 1.53 bits per heavy atom. The Hall–Kier alpha value is -3.18. The maximum atomic E-state index is 6.50. The lowest BCUT2D eigenvalue weighted by atomic mass is 9.85. The Morgan fingerprint density at radius 3 is 2.18 bits per heavy atom. The minimum atomic E-state index is -1.63. The first-order valence-electron chi connectivity index (χ1n) is 12.2. The highest BCUT2D eigenvalue weighted by atomic mass is 28.3. The summed E-state index contributed by atoms with van der Waals surface area (Å²) in [5, 5.41) is 1.10. The summed E-state index contributed by atoms with van der Waals surface area (Å²) in [6.07, 6.45) is 3.83. The molecular weight excluding hydrogens is 434 g/mol. The molecule has 174 valence electrons. The summed E-state index contributed by atoms with van der Waals surface area (Å²) in [6, 6.07) is 17.3. The second-order valence-corrected chi connectivity index (χ2v) is 15.8. The highest BCUT2D eigenvalue weighted by Gasteiger charge is 2.26. The van der Waals surface area contributed by atoms with E-state index in [1.165, 1.54) is 22.3 Å². The maximum absolute atomic E-state index is 6.50. The van der Waals surface area contributed by atoms with Crippen LogP contribution in [0.25, 0.3) is 39.2 Å². The van der Waals surface area contributed by atoms with E-state index < -0.39 is 8.07 Å². The van der Waals surface area contributed by atoms with Crippen molar-refractivity contribution in [2.45, 2.75) is 59.2 Å². The van der Waals surface area contributed by atoms with Crippen LogP contribution in [-0.2, 0) is 0 Å². The van der Waals surface area contributed by atoms with Crippen LogP contribution in [0.15, 0.2) is 65.5 Å². The number of hydrogen-bond donors (Lipinski definition) is 0. The van der Waals surface area contributed by atoms with Gasteiger partial charge in [-0.05, 0) is 58.4 Å². The highest BCUT2D eigenvalue weighted by molar-refractivity contribution is 6.89. The van der Waals surface area contributed by atoms with Gasteiger partial charge in [0.2, 0.25) is 5.71 Å². The van der Waals surface area contributed by atoms with E-state index in [4.69, 9.17) is 14.4 Å². The van der Waals surface area contributed by atoms with Gasteiger partial charge in [-0.25, -0.2) is 4.98 Å². The molecule has 2 aromatic carbocycles. The van der Waals surface area contributed by atoms with Gasteiger partial charge >= 0.3 is 0 Å². The number of para-hydroxylation sites is 1. The summed E-state index contributed by atoms with van der Waals surface area (Å²) in [5.74, 6) is 0.876. The van der Waals surface area contributed by atoms with Gasteiger partial charge < -0.3 is 4.42 Å². The largest absolute Gasteiger partial charge is 0.436 e. The molecule has 0 amide bonds. The van der Waals surface area contributed by atoms with Crippen molar-refractivity contribution in [2.75, 3.05) is 0 Å². The highest BCUT2D eigenvalue weighted by Crippen LogP contribution is 2.38. The molecule has 0 unspecified atom stereocenters. The van der Waals surface area contributed by atoms with Gasteiger partial charge in [0.1, 0.15) is 14.4 Å². The molecule has 0 aliphatic rings. The minimum Gasteiger partial charge on any atom is -0.436 e. The smallest absolute Gasteiger partial charge is 0.223 e. The maximum Gasteiger partial charge on any atom is 0.223 e. The predicted octanol–water partition coefficient (Wildman–Crippen LogP) is 7.60. The fourth-order valence-electron chi connectivity index (χ4n) is 4.86. The fraction of sp³-hybridized carbons (Fsp3) is 0.310. The molecular formula is C29H33N3OSi. The standard InChI is InChI=1S/C29H33N3OSi/c1-18(2)21-10-8-11-22(19(3)4)26(21)20-14-15-30-24(16-20)23-12-9-13-25-27(23)33-29-28(34(5,6)7)31-17-32(25)29/h8-19H,1-7H3. The zero-order valence-corrected chi connectivity index (χ0v) is 22.2. The third-order valence-electron chi connectivity index (χ3n) is 6.58. The van der Waals surface area contributed by atoms with Crippen molar-refractivity contribution in [2.24, 2.45) is 0 Å². The van der Waals surface area contributed by atoms with Crippen molar-refractivity contribution in [3.05, 3.63) is 72.2 Å². The van der Waals surface area contributed by atoms with E-state index in [1.54, 1.807) is 0 Å². The van der Waals surface area contributed by atoms with Crippen LogP contribution in [0.4, 0.5) is 0 Å². The number of nitrogens with zero attached hydrogens (tertiary/aromatic N) is 3. The number of aromatic nitrogens is 3. The number of rotatable bonds is 5. The normalized spacial score (nSPS) is 12.5. The van der Waals surface area contributed by atoms with Crippen molar-refractivity contribution in [3.8, 4) is 22.4 Å². The molecule has 0 radical (unpaired) electrons. The SMILES string of the molecule is CC(C)c1cccc(C(C)C)c1-c1ccnc(-c2cccc3c2oc2c([Si](C)(C)C)ncn23)c1. The minimum absolute atomic E-state index is 0.438. The summed E-state index contributed by atoms with van der Waals surface area (Å²) in [6.45, 7) is 16.0. The lowest BCUT2D eigenvalue weighted by molar-refractivity contribution is 0.659. The van der Waals surface area contributed by atoms with Crippen LogP contribution in [0.3, 0.4) is 0 Å². The van der Waals surface area contributed by atoms with Crippen molar-refractivity contribution in [3.63, 3.8) is 0 Å². The lowest BCUT2D eigenvalue weighted by Gasteiger charge is -2.20. The van der Waals surface area contributed by atoms with Crippen LogP contribution in [0, 0.1) is 0 Å². The topological polar surface area (TPSA) is 43.3 Å². The van der Waals surface area contributed by atoms with Crippen LogP contribution < -0.4 is 5.32 Å². The second-order valence-electron chi connectivity index (χ2n) is 10.8. The van der Waals surface area contributed by atoms with Gasteiger partial charge in [0.05, 0.1) is 16.5 Å². The molecule has 5 aromatic rings. The van der Waals surface area contributed by atoms with E-state index in [0.717, 1.165) is 33.4 Å². The Balaban J connectivity index is 1.72. The van der Waals surface area contributed by atoms with Crippen molar-refractivity contribution >= 4 is 30.2 Å². The summed E-state index contributed by atoms with van der Waals surface area (Å²) >= 11 is 0. The number of fused-ring (bicyclic) bond motifs is 3. The van der Waals surface area contributed by atoms with Gasteiger partial charge in [-0.15, -0.1) is 0 Å². The Labute approximate surface area is 202 Å². The van der Waals surface area contributed by atoms with Gasteiger partial charge in [-0.3, -0.25) is 9.38 Å². The quantitative estimate of drug-likeness (QED) is 0.250. The molecule has 0 saturated heterocycles. The molecule has 3 heterocycles. The third-order valence-corrected chi connectivity index (χ3v) is 8.35. The first kappa shape index (κ1) is 22.6.